The minimum atomic E-state index is -1.28. The lowest BCUT2D eigenvalue weighted by molar-refractivity contribution is 0.0935. The molecule has 1 N–H and O–H groups in total. The van der Waals surface area contributed by atoms with Crippen LogP contribution in [0.3, 0.4) is 0 Å². The van der Waals surface area contributed by atoms with Gasteiger partial charge in [0.1, 0.15) is 0 Å². The van der Waals surface area contributed by atoms with E-state index in [1.165, 1.54) is 4.90 Å². The second-order valence-corrected chi connectivity index (χ2v) is 19.1. The van der Waals surface area contributed by atoms with Gasteiger partial charge in [-0.1, -0.05) is 206 Å². The fourth-order valence-corrected chi connectivity index (χ4v) is 10.6. The van der Waals surface area contributed by atoms with Gasteiger partial charge in [-0.15, -0.1) is 0 Å². The van der Waals surface area contributed by atoms with Gasteiger partial charge < -0.3 is 9.67 Å². The molecule has 10 nitrogen and oxygen atoms in total. The van der Waals surface area contributed by atoms with Crippen LogP contribution in [0.1, 0.15) is 22.1 Å². The molecule has 10 aromatic carbocycles. The van der Waals surface area contributed by atoms with Gasteiger partial charge in [0, 0.05) is 55.3 Å². The van der Waals surface area contributed by atoms with Crippen molar-refractivity contribution in [3.8, 4) is 96.3 Å². The Kier molecular flexibility index (Phi) is 11.4. The number of hydrogen-bond acceptors (Lipinski definition) is 8. The number of carbonyl (C=O) groups excluding carboxylic acids is 1. The summed E-state index contributed by atoms with van der Waals surface area (Å²) in [5.74, 6) is 2.88. The molecule has 3 aromatic heterocycles. The van der Waals surface area contributed by atoms with Gasteiger partial charge in [-0.3, -0.25) is 9.69 Å². The van der Waals surface area contributed by atoms with Crippen molar-refractivity contribution in [3.05, 3.63) is 266 Å². The van der Waals surface area contributed by atoms with Crippen LogP contribution in [-0.2, 0) is 0 Å². The van der Waals surface area contributed by atoms with E-state index in [0.717, 1.165) is 77.4 Å². The van der Waals surface area contributed by atoms with Gasteiger partial charge >= 0.3 is 0 Å². The Balaban J connectivity index is 0.982. The lowest BCUT2D eigenvalue weighted by Gasteiger charge is -2.25. The van der Waals surface area contributed by atoms with Gasteiger partial charge in [0.05, 0.1) is 28.0 Å². The summed E-state index contributed by atoms with van der Waals surface area (Å²) < 4.78 is 2.13. The van der Waals surface area contributed by atoms with E-state index in [0.29, 0.717) is 57.4 Å². The first-order valence-electron chi connectivity index (χ1n) is 25.7. The summed E-state index contributed by atoms with van der Waals surface area (Å²) in [4.78, 5) is 47.6. The molecule has 1 atom stereocenters. The molecular weight excluding hydrogens is 961 g/mol. The Morgan fingerprint density at radius 1 is 0.321 bits per heavy atom. The summed E-state index contributed by atoms with van der Waals surface area (Å²) >= 11 is 0. The summed E-state index contributed by atoms with van der Waals surface area (Å²) in [7, 11) is 0. The highest BCUT2D eigenvalue weighted by Gasteiger charge is 2.40. The van der Waals surface area contributed by atoms with Crippen LogP contribution in [0.4, 0.5) is 5.69 Å². The number of nitrogens with zero attached hydrogens (tertiary/aromatic N) is 8. The maximum absolute atomic E-state index is 15.6. The third-order valence-corrected chi connectivity index (χ3v) is 14.4. The van der Waals surface area contributed by atoms with E-state index in [1.807, 2.05) is 224 Å². The smallest absolute Gasteiger partial charge is 0.263 e. The molecule has 1 unspecified atom stereocenters. The molecule has 0 saturated carbocycles. The molecule has 0 bridgehead atoms. The first-order valence-corrected chi connectivity index (χ1v) is 25.7. The minimum Gasteiger partial charge on any atom is -0.369 e. The van der Waals surface area contributed by atoms with Crippen LogP contribution in [-0.4, -0.2) is 45.5 Å². The second-order valence-electron chi connectivity index (χ2n) is 19.1. The zero-order valence-electron chi connectivity index (χ0n) is 41.8. The quantitative estimate of drug-likeness (QED) is 0.144. The van der Waals surface area contributed by atoms with Gasteiger partial charge in [-0.25, -0.2) is 29.9 Å². The molecule has 1 aliphatic heterocycles. The van der Waals surface area contributed by atoms with Gasteiger partial charge in [0.15, 0.2) is 41.2 Å². The van der Waals surface area contributed by atoms with Crippen molar-refractivity contribution in [1.82, 2.24) is 34.5 Å². The van der Waals surface area contributed by atoms with E-state index < -0.39 is 6.23 Å². The molecular formula is C68H44N8O2. The summed E-state index contributed by atoms with van der Waals surface area (Å²) in [6, 6.07) is 84.0. The lowest BCUT2D eigenvalue weighted by Crippen LogP contribution is -2.28. The van der Waals surface area contributed by atoms with E-state index in [2.05, 4.69) is 34.9 Å². The number of fused-ring (bicyclic) bond motifs is 4. The van der Waals surface area contributed by atoms with Gasteiger partial charge in [-0.05, 0) is 65.2 Å². The van der Waals surface area contributed by atoms with E-state index >= 15 is 4.79 Å². The lowest BCUT2D eigenvalue weighted by atomic mass is 9.97. The average molecular weight is 1010 g/mol. The number of carbonyl (C=O) groups is 1. The minimum absolute atomic E-state index is 0.321. The molecule has 0 spiro atoms. The molecule has 14 rings (SSSR count). The topological polar surface area (TPSA) is 123 Å². The SMILES string of the molecule is O=C1c2c(cccc2-n2c3ccc(-c4nc(-c5ccccc5)nc(-c5ccccc5)n4)cc3c3cc(-c4nc(-c5ccccc5)nc(-c5ccccc5)n4)ccc32)C(O)N1c1cc(-c2ccccc2)ccc1-c1ccccc1. The summed E-state index contributed by atoms with van der Waals surface area (Å²) in [5.41, 5.74) is 12.4. The standard InChI is InChI=1S/C68H44N8O2/c77-67-53-32-19-33-58(60(53)68(78)76(67)59-42-49(43-20-7-1-8-21-43)34-37-52(59)44-22-9-2-10-23-44)75-56-38-35-50(65-71-61(45-24-11-3-12-25-45)69-62(72-65)46-26-13-4-14-27-46)40-54(56)55-41-51(36-39-57(55)75)66-73-63(47-28-15-5-16-29-47)70-64(74-66)48-30-17-6-18-31-48/h1-42,67,77H. The van der Waals surface area contributed by atoms with E-state index in [9.17, 15) is 5.11 Å². The highest BCUT2D eigenvalue weighted by Crippen LogP contribution is 2.46. The Morgan fingerprint density at radius 3 is 1.12 bits per heavy atom. The third kappa shape index (κ3) is 8.17. The zero-order valence-corrected chi connectivity index (χ0v) is 41.8. The molecule has 13 aromatic rings. The first kappa shape index (κ1) is 46.0. The highest BCUT2D eigenvalue weighted by molar-refractivity contribution is 6.17. The Labute approximate surface area is 449 Å². The van der Waals surface area contributed by atoms with Crippen LogP contribution in [0, 0.1) is 0 Å². The molecule has 4 heterocycles. The molecule has 368 valence electrons. The Hall–Kier alpha value is -10.6. The molecule has 10 heteroatoms. The predicted molar refractivity (Wildman–Crippen MR) is 309 cm³/mol. The Bertz CT molecular complexity index is 4110. The zero-order chi connectivity index (χ0) is 52.1. The van der Waals surface area contributed by atoms with Crippen molar-refractivity contribution in [2.24, 2.45) is 0 Å². The molecule has 1 aliphatic rings. The molecule has 1 amide bonds. The van der Waals surface area contributed by atoms with Crippen molar-refractivity contribution in [2.45, 2.75) is 6.23 Å². The average Bonchev–Trinajstić information content (AvgIpc) is 4.08. The van der Waals surface area contributed by atoms with Crippen molar-refractivity contribution in [1.29, 1.82) is 0 Å². The normalized spacial score (nSPS) is 13.1. The molecule has 0 radical (unpaired) electrons. The number of hydrogen-bond donors (Lipinski definition) is 1. The van der Waals surface area contributed by atoms with E-state index in [4.69, 9.17) is 29.9 Å². The molecule has 0 aliphatic carbocycles. The van der Waals surface area contributed by atoms with Crippen LogP contribution in [0.2, 0.25) is 0 Å². The first-order chi connectivity index (χ1) is 38.5. The van der Waals surface area contributed by atoms with Crippen LogP contribution < -0.4 is 4.90 Å². The van der Waals surface area contributed by atoms with Crippen LogP contribution in [0.5, 0.6) is 0 Å². The van der Waals surface area contributed by atoms with Crippen molar-refractivity contribution in [2.75, 3.05) is 4.90 Å². The third-order valence-electron chi connectivity index (χ3n) is 14.4. The van der Waals surface area contributed by atoms with Crippen molar-refractivity contribution >= 4 is 33.4 Å². The van der Waals surface area contributed by atoms with Crippen LogP contribution >= 0.6 is 0 Å². The summed E-state index contributed by atoms with van der Waals surface area (Å²) in [6.07, 6.45) is -1.28. The molecule has 0 saturated heterocycles. The largest absolute Gasteiger partial charge is 0.369 e. The maximum Gasteiger partial charge on any atom is 0.263 e. The second kappa shape index (κ2) is 19.3. The maximum atomic E-state index is 15.6. The number of benzene rings is 10. The van der Waals surface area contributed by atoms with E-state index in [-0.39, 0.29) is 5.91 Å². The van der Waals surface area contributed by atoms with Gasteiger partial charge in [-0.2, -0.15) is 0 Å². The van der Waals surface area contributed by atoms with E-state index in [1.54, 1.807) is 0 Å². The number of anilines is 1. The number of rotatable bonds is 10. The number of aromatic nitrogens is 7. The number of amides is 1. The highest BCUT2D eigenvalue weighted by atomic mass is 16.3. The Morgan fingerprint density at radius 2 is 0.692 bits per heavy atom. The summed E-state index contributed by atoms with van der Waals surface area (Å²) in [6.45, 7) is 0. The molecule has 0 fully saturated rings. The number of aliphatic hydroxyl groups is 1. The number of aliphatic hydroxyl groups excluding tert-OH is 1. The van der Waals surface area contributed by atoms with Crippen LogP contribution in [0.15, 0.2) is 255 Å². The fraction of sp³-hybridized carbons (Fsp3) is 0.0147. The van der Waals surface area contributed by atoms with Crippen molar-refractivity contribution < 1.29 is 9.90 Å². The van der Waals surface area contributed by atoms with Crippen molar-refractivity contribution in [3.63, 3.8) is 0 Å². The van der Waals surface area contributed by atoms with Crippen LogP contribution in [0.25, 0.3) is 118 Å². The monoisotopic (exact) mass is 1000 g/mol. The summed E-state index contributed by atoms with van der Waals surface area (Å²) in [5, 5.41) is 14.3. The predicted octanol–water partition coefficient (Wildman–Crippen LogP) is 15.1. The van der Waals surface area contributed by atoms with Gasteiger partial charge in [0.2, 0.25) is 0 Å². The van der Waals surface area contributed by atoms with Gasteiger partial charge in [0.25, 0.3) is 5.91 Å². The fourth-order valence-electron chi connectivity index (χ4n) is 10.6. The molecule has 78 heavy (non-hydrogen) atoms.